The van der Waals surface area contributed by atoms with Crippen molar-refractivity contribution in [3.05, 3.63) is 214 Å². The molecule has 0 unspecified atom stereocenters. The Morgan fingerprint density at radius 3 is 0.893 bits per heavy atom. The van der Waals surface area contributed by atoms with Crippen molar-refractivity contribution in [3.63, 3.8) is 0 Å². The second kappa shape index (κ2) is 63.1. The van der Waals surface area contributed by atoms with Gasteiger partial charge in [0.15, 0.2) is 11.9 Å². The van der Waals surface area contributed by atoms with Crippen molar-refractivity contribution in [3.8, 4) is 0 Å². The number of alkyl halides is 3. The SMILES string of the molecule is NCCN(CCNC(=O)CCC(=O)NCCOCCOCCNC(=O)N=C(N)NCCC[C@H](NC(=O)C(c1ccccc1)c1ccccc1)C(=O)NCc1ccc(CNC(N)=O)cc1)CCNC(=O)CCC(=O)NCCOCCOCCNC(=O)N=C(N)NCCC[C@H](NC(=O)C(c1ccccc1)c1ccccc1)C(=O)NCc1ccc(CNC(N)=O)cc1.O=C(O)C(F)(F)F. The van der Waals surface area contributed by atoms with Crippen LogP contribution in [0.15, 0.2) is 180 Å². The van der Waals surface area contributed by atoms with Gasteiger partial charge in [-0.1, -0.05) is 170 Å². The fraction of sp³-hybridized carbons (Fsp3) is 0.420. The molecule has 0 spiro atoms. The molecule has 0 fully saturated rings. The zero-order valence-electron chi connectivity index (χ0n) is 72.9. The number of hydrogen-bond acceptors (Lipinski definition) is 19. The summed E-state index contributed by atoms with van der Waals surface area (Å²) in [5.41, 5.74) is 34.4. The monoisotopic (exact) mass is 1830 g/mol. The lowest BCUT2D eigenvalue weighted by Crippen LogP contribution is -2.48. The number of nitrogens with one attached hydrogen (secondary N) is 14. The average Bonchev–Trinajstić information content (AvgIpc) is 0.828. The average molecular weight is 1830 g/mol. The Kier molecular flexibility index (Phi) is 51.9. The minimum atomic E-state index is -5.08. The lowest BCUT2D eigenvalue weighted by atomic mass is 9.90. The molecule has 0 aromatic heterocycles. The number of amides is 16. The van der Waals surface area contributed by atoms with Crippen LogP contribution in [0.1, 0.15) is 108 Å². The highest BCUT2D eigenvalue weighted by atomic mass is 19.4. The molecule has 0 aliphatic rings. The predicted molar refractivity (Wildman–Crippen MR) is 480 cm³/mol. The van der Waals surface area contributed by atoms with Crippen LogP contribution < -0.4 is 103 Å². The molecule has 131 heavy (non-hydrogen) atoms. The van der Waals surface area contributed by atoms with Gasteiger partial charge < -0.3 is 127 Å². The molecular formula is C88H121F3N22O18. The maximum Gasteiger partial charge on any atom is 0.490 e. The number of benzene rings is 6. The Bertz CT molecular complexity index is 4190. The Labute approximate surface area is 756 Å². The van der Waals surface area contributed by atoms with Gasteiger partial charge in [-0.15, -0.1) is 0 Å². The molecule has 0 aliphatic heterocycles. The summed E-state index contributed by atoms with van der Waals surface area (Å²) in [5, 5.41) is 45.9. The summed E-state index contributed by atoms with van der Waals surface area (Å²) in [6.07, 6.45) is -4.11. The van der Waals surface area contributed by atoms with Crippen LogP contribution in [0.3, 0.4) is 0 Å². The predicted octanol–water partition coefficient (Wildman–Crippen LogP) is 1.36. The smallest absolute Gasteiger partial charge is 0.475 e. The lowest BCUT2D eigenvalue weighted by Gasteiger charge is -2.23. The Balaban J connectivity index is 0.00000416. The lowest BCUT2D eigenvalue weighted by molar-refractivity contribution is -0.192. The van der Waals surface area contributed by atoms with Crippen molar-refractivity contribution < 1.29 is 99.6 Å². The molecule has 6 rings (SSSR count). The van der Waals surface area contributed by atoms with Gasteiger partial charge in [0.05, 0.1) is 64.7 Å². The first kappa shape index (κ1) is 108. The first-order valence-electron chi connectivity index (χ1n) is 42.5. The van der Waals surface area contributed by atoms with Crippen molar-refractivity contribution >= 4 is 89.3 Å². The van der Waals surface area contributed by atoms with Crippen molar-refractivity contribution in [1.29, 1.82) is 0 Å². The Hall–Kier alpha value is -13.9. The molecule has 0 heterocycles. The number of ether oxygens (including phenoxy) is 4. The van der Waals surface area contributed by atoms with Crippen molar-refractivity contribution in [2.75, 3.05) is 131 Å². The van der Waals surface area contributed by atoms with Crippen LogP contribution in [0.25, 0.3) is 0 Å². The first-order valence-corrected chi connectivity index (χ1v) is 42.5. The fourth-order valence-electron chi connectivity index (χ4n) is 12.3. The van der Waals surface area contributed by atoms with Gasteiger partial charge in [-0.25, -0.2) is 24.0 Å². The number of guanidine groups is 2. The summed E-state index contributed by atoms with van der Waals surface area (Å²) in [5.74, 6) is -7.29. The number of primary amides is 2. The van der Waals surface area contributed by atoms with Gasteiger partial charge in [0, 0.05) is 130 Å². The first-order chi connectivity index (χ1) is 63.1. The molecular weight excluding hydrogens is 1710 g/mol. The van der Waals surface area contributed by atoms with Crippen molar-refractivity contribution in [1.82, 2.24) is 79.3 Å². The molecule has 0 saturated heterocycles. The van der Waals surface area contributed by atoms with Crippen LogP contribution >= 0.6 is 0 Å². The van der Waals surface area contributed by atoms with E-state index in [1.165, 1.54) is 0 Å². The topological polar surface area (TPSA) is 606 Å². The number of hydrogen-bond donors (Lipinski definition) is 20. The van der Waals surface area contributed by atoms with E-state index in [-0.39, 0.29) is 217 Å². The largest absolute Gasteiger partial charge is 0.490 e. The fourth-order valence-corrected chi connectivity index (χ4v) is 12.3. The van der Waals surface area contributed by atoms with Crippen LogP contribution in [-0.2, 0) is 88.3 Å². The highest BCUT2D eigenvalue weighted by molar-refractivity contribution is 5.95. The summed E-state index contributed by atoms with van der Waals surface area (Å²) in [4.78, 5) is 171. The molecule has 0 aliphatic carbocycles. The van der Waals surface area contributed by atoms with Gasteiger partial charge in [-0.2, -0.15) is 23.2 Å². The molecule has 2 atom stereocenters. The van der Waals surface area contributed by atoms with E-state index < -0.39 is 72.0 Å². The quantitative estimate of drug-likeness (QED) is 0.0146. The van der Waals surface area contributed by atoms with Gasteiger partial charge in [-0.3, -0.25) is 43.3 Å². The number of urea groups is 4. The number of rotatable bonds is 58. The van der Waals surface area contributed by atoms with Crippen LogP contribution in [0.4, 0.5) is 32.3 Å². The summed E-state index contributed by atoms with van der Waals surface area (Å²) in [6, 6.07) is 47.0. The van der Waals surface area contributed by atoms with Crippen molar-refractivity contribution in [2.45, 2.75) is 108 Å². The van der Waals surface area contributed by atoms with Crippen LogP contribution in [0, 0.1) is 0 Å². The molecule has 0 saturated carbocycles. The van der Waals surface area contributed by atoms with E-state index in [1.807, 2.05) is 175 Å². The Morgan fingerprint density at radius 1 is 0.344 bits per heavy atom. The molecule has 0 radical (unpaired) electrons. The van der Waals surface area contributed by atoms with Gasteiger partial charge in [0.1, 0.15) is 12.1 Å². The molecule has 25 N–H and O–H groups in total. The summed E-state index contributed by atoms with van der Waals surface area (Å²) >= 11 is 0. The van der Waals surface area contributed by atoms with E-state index >= 15 is 0 Å². The maximum atomic E-state index is 14.1. The molecule has 712 valence electrons. The standard InChI is InChI=1S/C86H120N22O16.C2HF3O2/c87-37-46-108(47-40-92-71(109)33-35-73(111)94-42-49-121-53-55-123-51-44-98-85(119)106-81(88)96-38-13-23-69(77(113)100-57-61-25-29-63(30-26-61)59-102-83(90)117)104-79(115)75(65-15-5-1-6-16-65)66-17-7-2-8-18-66)48-41-93-72(110)34-36-74(112)95-43-50-122-54-56-124-52-45-99-86(120)107-82(89)97-39-14-24-70(78(114)101-58-62-27-31-64(32-28-62)60-103-84(91)118)105-80(116)76(67-19-9-3-10-20-67)68-21-11-4-12-22-68;3-2(4,5)1(6)7/h1-12,15-22,25-32,69-70,75-76H,13-14,23-24,33-60,87H2,(H,92,109)(H,93,110)(H,94,111)(H,95,112)(H,100,113)(H,101,114)(H,104,115)(H,105,116)(H3,90,102,117)(H3,91,103,118)(H4,88,96,98,106,119)(H4,89,97,99,107,120);(H,6,7)/t69-,70-;/m0./s1. The number of nitrogens with two attached hydrogens (primary N) is 5. The molecule has 16 amide bonds. The molecule has 6 aromatic carbocycles. The summed E-state index contributed by atoms with van der Waals surface area (Å²) in [6.45, 7) is 5.71. The second-order valence-electron chi connectivity index (χ2n) is 29.0. The highest BCUT2D eigenvalue weighted by Crippen LogP contribution is 2.27. The third kappa shape index (κ3) is 48.2. The molecule has 6 aromatic rings. The van der Waals surface area contributed by atoms with E-state index in [4.69, 9.17) is 57.5 Å². The molecule has 40 nitrogen and oxygen atoms in total. The molecule has 43 heteroatoms. The number of carboxylic acid groups (broad SMARTS) is 1. The summed E-state index contributed by atoms with van der Waals surface area (Å²) < 4.78 is 53.8. The van der Waals surface area contributed by atoms with Crippen LogP contribution in [0.2, 0.25) is 0 Å². The highest BCUT2D eigenvalue weighted by Gasteiger charge is 2.38. The van der Waals surface area contributed by atoms with E-state index in [0.717, 1.165) is 44.5 Å². The molecule has 0 bridgehead atoms. The number of aliphatic carboxylic acids is 1. The number of halogens is 3. The van der Waals surface area contributed by atoms with Crippen molar-refractivity contribution in [2.24, 2.45) is 38.7 Å². The van der Waals surface area contributed by atoms with E-state index in [2.05, 4.69) is 84.4 Å². The minimum Gasteiger partial charge on any atom is -0.475 e. The van der Waals surface area contributed by atoms with Gasteiger partial charge in [0.2, 0.25) is 47.3 Å². The Morgan fingerprint density at radius 2 is 0.618 bits per heavy atom. The van der Waals surface area contributed by atoms with Crippen LogP contribution in [-0.4, -0.2) is 249 Å². The normalized spacial score (nSPS) is 11.7. The van der Waals surface area contributed by atoms with Gasteiger partial charge in [0.25, 0.3) is 0 Å². The van der Waals surface area contributed by atoms with E-state index in [9.17, 15) is 70.7 Å². The number of nitrogens with zero attached hydrogens (tertiary/aromatic N) is 3. The number of aliphatic imine (C=N–C) groups is 2. The third-order valence-electron chi connectivity index (χ3n) is 18.9. The number of carbonyl (C=O) groups is 13. The minimum absolute atomic E-state index is 0.0353. The van der Waals surface area contributed by atoms with E-state index in [0.29, 0.717) is 39.0 Å². The third-order valence-corrected chi connectivity index (χ3v) is 18.9. The summed E-state index contributed by atoms with van der Waals surface area (Å²) in [7, 11) is 0. The number of carboxylic acids is 1. The number of carbonyl (C=O) groups excluding carboxylic acids is 12. The van der Waals surface area contributed by atoms with Crippen LogP contribution in [0.5, 0.6) is 0 Å². The second-order valence-corrected chi connectivity index (χ2v) is 29.0. The maximum absolute atomic E-state index is 14.1. The van der Waals surface area contributed by atoms with Gasteiger partial charge >= 0.3 is 36.3 Å². The van der Waals surface area contributed by atoms with Gasteiger partial charge in [-0.05, 0) is 70.2 Å². The zero-order valence-corrected chi connectivity index (χ0v) is 72.9. The zero-order chi connectivity index (χ0) is 95.2. The van der Waals surface area contributed by atoms with E-state index in [1.54, 1.807) is 0 Å².